The zero-order valence-electron chi connectivity index (χ0n) is 15.0. The summed E-state index contributed by atoms with van der Waals surface area (Å²) in [6.45, 7) is 3.56. The summed E-state index contributed by atoms with van der Waals surface area (Å²) >= 11 is 0. The second-order valence-corrected chi connectivity index (χ2v) is 6.65. The van der Waals surface area contributed by atoms with Crippen LogP contribution in [-0.2, 0) is 6.42 Å². The Bertz CT molecular complexity index is 761. The first kappa shape index (κ1) is 17.9. The minimum atomic E-state index is -0.433. The Labute approximate surface area is 153 Å². The number of aromatic nitrogens is 1. The topological polar surface area (TPSA) is 79.5 Å². The minimum Gasteiger partial charge on any atom is -0.351 e. The molecule has 0 spiro atoms. The van der Waals surface area contributed by atoms with Crippen molar-refractivity contribution in [3.63, 3.8) is 0 Å². The quantitative estimate of drug-likeness (QED) is 0.896. The van der Waals surface area contributed by atoms with Crippen molar-refractivity contribution in [2.75, 3.05) is 19.6 Å². The van der Waals surface area contributed by atoms with Crippen molar-refractivity contribution in [3.05, 3.63) is 65.5 Å². The Morgan fingerprint density at radius 2 is 2.00 bits per heavy atom. The van der Waals surface area contributed by atoms with E-state index in [-0.39, 0.29) is 11.9 Å². The van der Waals surface area contributed by atoms with Crippen LogP contribution in [0.2, 0.25) is 0 Å². The SMILES string of the molecule is Cc1ccc(C(=O)N2CCC(N(CCc3ccccc3)C(N)=O)C2)cn1. The Hall–Kier alpha value is -2.89. The van der Waals surface area contributed by atoms with Crippen molar-refractivity contribution in [2.24, 2.45) is 5.73 Å². The smallest absolute Gasteiger partial charge is 0.315 e. The largest absolute Gasteiger partial charge is 0.351 e. The van der Waals surface area contributed by atoms with Gasteiger partial charge in [-0.15, -0.1) is 0 Å². The van der Waals surface area contributed by atoms with Crippen LogP contribution in [0.4, 0.5) is 4.79 Å². The molecule has 1 aromatic heterocycles. The Morgan fingerprint density at radius 3 is 2.65 bits per heavy atom. The van der Waals surface area contributed by atoms with E-state index in [4.69, 9.17) is 5.73 Å². The molecular formula is C20H24N4O2. The molecular weight excluding hydrogens is 328 g/mol. The molecule has 1 unspecified atom stereocenters. The number of carbonyl (C=O) groups is 2. The van der Waals surface area contributed by atoms with E-state index in [0.29, 0.717) is 25.2 Å². The summed E-state index contributed by atoms with van der Waals surface area (Å²) in [5.74, 6) is -0.0486. The average Bonchev–Trinajstić information content (AvgIpc) is 3.12. The standard InChI is InChI=1S/C20H24N4O2/c1-15-7-8-17(13-22-15)19(25)23-11-10-18(14-23)24(20(21)26)12-9-16-5-3-2-4-6-16/h2-8,13,18H,9-12,14H2,1H3,(H2,21,26). The van der Waals surface area contributed by atoms with Gasteiger partial charge in [-0.3, -0.25) is 9.78 Å². The second kappa shape index (κ2) is 7.99. The fourth-order valence-electron chi connectivity index (χ4n) is 3.32. The summed E-state index contributed by atoms with van der Waals surface area (Å²) < 4.78 is 0. The number of aryl methyl sites for hydroxylation is 1. The van der Waals surface area contributed by atoms with Crippen molar-refractivity contribution in [2.45, 2.75) is 25.8 Å². The summed E-state index contributed by atoms with van der Waals surface area (Å²) in [4.78, 5) is 32.2. The molecule has 26 heavy (non-hydrogen) atoms. The number of hydrogen-bond donors (Lipinski definition) is 1. The third-order valence-electron chi connectivity index (χ3n) is 4.82. The summed E-state index contributed by atoms with van der Waals surface area (Å²) in [6, 6.07) is 13.1. The highest BCUT2D eigenvalue weighted by Crippen LogP contribution is 2.19. The van der Waals surface area contributed by atoms with Crippen molar-refractivity contribution < 1.29 is 9.59 Å². The molecule has 0 saturated carbocycles. The number of hydrogen-bond acceptors (Lipinski definition) is 3. The summed E-state index contributed by atoms with van der Waals surface area (Å²) in [5.41, 5.74) is 8.22. The maximum Gasteiger partial charge on any atom is 0.315 e. The molecule has 1 aromatic carbocycles. The van der Waals surface area contributed by atoms with E-state index in [0.717, 1.165) is 24.1 Å². The van der Waals surface area contributed by atoms with Gasteiger partial charge in [-0.25, -0.2) is 4.79 Å². The summed E-state index contributed by atoms with van der Waals surface area (Å²) in [5, 5.41) is 0. The van der Waals surface area contributed by atoms with E-state index in [2.05, 4.69) is 4.98 Å². The maximum absolute atomic E-state index is 12.6. The van der Waals surface area contributed by atoms with Gasteiger partial charge in [-0.05, 0) is 37.5 Å². The van der Waals surface area contributed by atoms with Gasteiger partial charge in [0.1, 0.15) is 0 Å². The monoisotopic (exact) mass is 352 g/mol. The van der Waals surface area contributed by atoms with Crippen molar-refractivity contribution in [3.8, 4) is 0 Å². The molecule has 1 atom stereocenters. The van der Waals surface area contributed by atoms with Gasteiger partial charge in [-0.1, -0.05) is 30.3 Å². The molecule has 0 bridgehead atoms. The highest BCUT2D eigenvalue weighted by Gasteiger charge is 2.32. The van der Waals surface area contributed by atoms with E-state index >= 15 is 0 Å². The number of urea groups is 1. The molecule has 3 rings (SSSR count). The molecule has 1 fully saturated rings. The van der Waals surface area contributed by atoms with Gasteiger partial charge >= 0.3 is 6.03 Å². The predicted molar refractivity (Wildman–Crippen MR) is 99.7 cm³/mol. The molecule has 2 N–H and O–H groups in total. The normalized spacial score (nSPS) is 16.5. The van der Waals surface area contributed by atoms with Crippen LogP contribution in [0.1, 0.15) is 28.0 Å². The van der Waals surface area contributed by atoms with Crippen LogP contribution in [0.25, 0.3) is 0 Å². The van der Waals surface area contributed by atoms with E-state index in [1.54, 1.807) is 22.1 Å². The van der Waals surface area contributed by atoms with E-state index in [1.165, 1.54) is 0 Å². The molecule has 2 aromatic rings. The first-order chi connectivity index (χ1) is 12.5. The number of carbonyl (C=O) groups excluding carboxylic acids is 2. The number of rotatable bonds is 5. The van der Waals surface area contributed by atoms with Crippen LogP contribution < -0.4 is 5.73 Å². The third-order valence-corrected chi connectivity index (χ3v) is 4.82. The van der Waals surface area contributed by atoms with Gasteiger partial charge in [0, 0.05) is 31.5 Å². The molecule has 3 amide bonds. The Balaban J connectivity index is 1.62. The van der Waals surface area contributed by atoms with Crippen molar-refractivity contribution in [1.82, 2.24) is 14.8 Å². The zero-order valence-corrected chi connectivity index (χ0v) is 15.0. The fraction of sp³-hybridized carbons (Fsp3) is 0.350. The number of amides is 3. The molecule has 2 heterocycles. The highest BCUT2D eigenvalue weighted by molar-refractivity contribution is 5.94. The molecule has 0 aliphatic carbocycles. The van der Waals surface area contributed by atoms with Gasteiger partial charge in [0.15, 0.2) is 0 Å². The number of nitrogens with zero attached hydrogens (tertiary/aromatic N) is 3. The zero-order chi connectivity index (χ0) is 18.5. The minimum absolute atomic E-state index is 0.0430. The molecule has 0 radical (unpaired) electrons. The number of benzene rings is 1. The lowest BCUT2D eigenvalue weighted by molar-refractivity contribution is 0.0780. The lowest BCUT2D eigenvalue weighted by Crippen LogP contribution is -2.46. The molecule has 1 aliphatic rings. The van der Waals surface area contributed by atoms with Gasteiger partial charge in [0.25, 0.3) is 5.91 Å². The lowest BCUT2D eigenvalue weighted by Gasteiger charge is -2.27. The van der Waals surface area contributed by atoms with E-state index in [9.17, 15) is 9.59 Å². The van der Waals surface area contributed by atoms with Crippen LogP contribution in [0.15, 0.2) is 48.7 Å². The summed E-state index contributed by atoms with van der Waals surface area (Å²) in [6.07, 6.45) is 3.09. The third kappa shape index (κ3) is 4.20. The molecule has 136 valence electrons. The number of nitrogens with two attached hydrogens (primary N) is 1. The number of primary amides is 1. The van der Waals surface area contributed by atoms with Crippen LogP contribution >= 0.6 is 0 Å². The number of likely N-dealkylation sites (tertiary alicyclic amines) is 1. The van der Waals surface area contributed by atoms with E-state index in [1.807, 2.05) is 43.3 Å². The fourth-order valence-corrected chi connectivity index (χ4v) is 3.32. The number of pyridine rings is 1. The van der Waals surface area contributed by atoms with E-state index < -0.39 is 6.03 Å². The average molecular weight is 352 g/mol. The first-order valence-electron chi connectivity index (χ1n) is 8.86. The van der Waals surface area contributed by atoms with Crippen LogP contribution in [-0.4, -0.2) is 52.4 Å². The van der Waals surface area contributed by atoms with Crippen molar-refractivity contribution in [1.29, 1.82) is 0 Å². The second-order valence-electron chi connectivity index (χ2n) is 6.65. The van der Waals surface area contributed by atoms with Gasteiger partial charge in [0.2, 0.25) is 0 Å². The van der Waals surface area contributed by atoms with Crippen LogP contribution in [0.5, 0.6) is 0 Å². The first-order valence-corrected chi connectivity index (χ1v) is 8.86. The van der Waals surface area contributed by atoms with Crippen LogP contribution in [0, 0.1) is 6.92 Å². The lowest BCUT2D eigenvalue weighted by atomic mass is 10.1. The van der Waals surface area contributed by atoms with Gasteiger partial charge in [0.05, 0.1) is 11.6 Å². The Kier molecular flexibility index (Phi) is 5.51. The Morgan fingerprint density at radius 1 is 1.23 bits per heavy atom. The van der Waals surface area contributed by atoms with Crippen LogP contribution in [0.3, 0.4) is 0 Å². The molecule has 1 aliphatic heterocycles. The van der Waals surface area contributed by atoms with Crippen molar-refractivity contribution >= 4 is 11.9 Å². The molecule has 6 nitrogen and oxygen atoms in total. The predicted octanol–water partition coefficient (Wildman–Crippen LogP) is 2.23. The van der Waals surface area contributed by atoms with Gasteiger partial charge in [-0.2, -0.15) is 0 Å². The molecule has 6 heteroatoms. The maximum atomic E-state index is 12.6. The summed E-state index contributed by atoms with van der Waals surface area (Å²) in [7, 11) is 0. The molecule has 1 saturated heterocycles. The van der Waals surface area contributed by atoms with Gasteiger partial charge < -0.3 is 15.5 Å². The highest BCUT2D eigenvalue weighted by atomic mass is 16.2.